The van der Waals surface area contributed by atoms with E-state index in [1.54, 1.807) is 13.0 Å². The fraction of sp³-hybridized carbons (Fsp3) is 0.462. The van der Waals surface area contributed by atoms with Crippen LogP contribution >= 0.6 is 15.9 Å². The van der Waals surface area contributed by atoms with Crippen LogP contribution < -0.4 is 11.1 Å². The Labute approximate surface area is 126 Å². The van der Waals surface area contributed by atoms with Crippen LogP contribution in [0.1, 0.15) is 25.8 Å². The van der Waals surface area contributed by atoms with Crippen LogP contribution in [0.4, 0.5) is 11.4 Å². The predicted octanol–water partition coefficient (Wildman–Crippen LogP) is 2.98. The molecule has 2 atom stereocenters. The molecule has 0 heterocycles. The number of hydrogen-bond acceptors (Lipinski definition) is 4. The summed E-state index contributed by atoms with van der Waals surface area (Å²) in [6, 6.07) is 2.29. The van der Waals surface area contributed by atoms with Crippen LogP contribution in [0.5, 0.6) is 0 Å². The molecule has 1 rings (SSSR count). The second-order valence-electron chi connectivity index (χ2n) is 4.78. The van der Waals surface area contributed by atoms with Crippen LogP contribution in [-0.2, 0) is 4.79 Å². The molecule has 0 bridgehead atoms. The number of carbonyl (C=O) groups excluding carboxylic acids is 1. The van der Waals surface area contributed by atoms with Crippen molar-refractivity contribution < 1.29 is 9.72 Å². The molecule has 1 amide bonds. The van der Waals surface area contributed by atoms with E-state index in [0.717, 1.165) is 6.42 Å². The Bertz CT molecular complexity index is 534. The number of anilines is 1. The van der Waals surface area contributed by atoms with Gasteiger partial charge in [-0.05, 0) is 34.8 Å². The number of rotatable bonds is 5. The first kappa shape index (κ1) is 16.6. The summed E-state index contributed by atoms with van der Waals surface area (Å²) in [6.07, 6.45) is 0.782. The van der Waals surface area contributed by atoms with E-state index in [9.17, 15) is 14.9 Å². The lowest BCUT2D eigenvalue weighted by Gasteiger charge is -2.18. The molecule has 2 unspecified atom stereocenters. The van der Waals surface area contributed by atoms with Gasteiger partial charge in [0.1, 0.15) is 0 Å². The largest absolute Gasteiger partial charge is 0.323 e. The van der Waals surface area contributed by atoms with Crippen molar-refractivity contribution in [2.24, 2.45) is 11.7 Å². The predicted molar refractivity (Wildman–Crippen MR) is 81.6 cm³/mol. The highest BCUT2D eigenvalue weighted by Crippen LogP contribution is 2.30. The lowest BCUT2D eigenvalue weighted by Crippen LogP contribution is -2.40. The van der Waals surface area contributed by atoms with Crippen molar-refractivity contribution in [3.8, 4) is 0 Å². The lowest BCUT2D eigenvalue weighted by molar-refractivity contribution is -0.385. The van der Waals surface area contributed by atoms with Gasteiger partial charge in [-0.1, -0.05) is 20.3 Å². The maximum Gasteiger partial charge on any atom is 0.274 e. The molecular weight excluding hydrogens is 326 g/mol. The third kappa shape index (κ3) is 3.77. The van der Waals surface area contributed by atoms with Crippen LogP contribution in [0, 0.1) is 23.0 Å². The van der Waals surface area contributed by atoms with Crippen LogP contribution in [0.2, 0.25) is 0 Å². The number of hydrogen-bond donors (Lipinski definition) is 2. The van der Waals surface area contributed by atoms with Crippen LogP contribution in [0.15, 0.2) is 16.6 Å². The summed E-state index contributed by atoms with van der Waals surface area (Å²) in [5.74, 6) is -0.313. The van der Waals surface area contributed by atoms with E-state index >= 15 is 0 Å². The SMILES string of the molecule is CCC(C)C(N)C(=O)Nc1cc([N+](=O)[O-])c(C)cc1Br. The van der Waals surface area contributed by atoms with Gasteiger partial charge in [0.15, 0.2) is 0 Å². The van der Waals surface area contributed by atoms with Crippen molar-refractivity contribution in [3.63, 3.8) is 0 Å². The van der Waals surface area contributed by atoms with Crippen LogP contribution in [0.3, 0.4) is 0 Å². The number of nitrogens with one attached hydrogen (secondary N) is 1. The molecule has 20 heavy (non-hydrogen) atoms. The first-order chi connectivity index (χ1) is 9.27. The van der Waals surface area contributed by atoms with Crippen molar-refractivity contribution in [1.29, 1.82) is 0 Å². The van der Waals surface area contributed by atoms with Gasteiger partial charge in [-0.2, -0.15) is 0 Å². The fourth-order valence-corrected chi connectivity index (χ4v) is 2.24. The number of halogens is 1. The number of nitro groups is 1. The van der Waals surface area contributed by atoms with Crippen molar-refractivity contribution in [2.45, 2.75) is 33.2 Å². The monoisotopic (exact) mass is 343 g/mol. The van der Waals surface area contributed by atoms with Gasteiger partial charge >= 0.3 is 0 Å². The zero-order valence-corrected chi connectivity index (χ0v) is 13.2. The first-order valence-electron chi connectivity index (χ1n) is 6.28. The van der Waals surface area contributed by atoms with E-state index in [0.29, 0.717) is 15.7 Å². The number of nitrogens with zero attached hydrogens (tertiary/aromatic N) is 1. The van der Waals surface area contributed by atoms with Crippen LogP contribution in [-0.4, -0.2) is 16.9 Å². The van der Waals surface area contributed by atoms with Crippen molar-refractivity contribution in [2.75, 3.05) is 5.32 Å². The molecule has 0 saturated carbocycles. The summed E-state index contributed by atoms with van der Waals surface area (Å²) in [6.45, 7) is 5.47. The Balaban J connectivity index is 3.01. The molecule has 110 valence electrons. The lowest BCUT2D eigenvalue weighted by atomic mass is 9.99. The number of carbonyl (C=O) groups is 1. The highest BCUT2D eigenvalue weighted by Gasteiger charge is 2.22. The highest BCUT2D eigenvalue weighted by molar-refractivity contribution is 9.10. The van der Waals surface area contributed by atoms with Gasteiger partial charge in [0.2, 0.25) is 5.91 Å². The zero-order chi connectivity index (χ0) is 15.4. The number of nitro benzene ring substituents is 1. The molecule has 0 saturated heterocycles. The van der Waals surface area contributed by atoms with Gasteiger partial charge in [0.25, 0.3) is 5.69 Å². The number of aryl methyl sites for hydroxylation is 1. The molecule has 0 spiro atoms. The smallest absolute Gasteiger partial charge is 0.274 e. The first-order valence-corrected chi connectivity index (χ1v) is 7.08. The van der Waals surface area contributed by atoms with Crippen LogP contribution in [0.25, 0.3) is 0 Å². The summed E-state index contributed by atoms with van der Waals surface area (Å²) < 4.78 is 0.588. The van der Waals surface area contributed by atoms with E-state index < -0.39 is 11.0 Å². The molecule has 0 fully saturated rings. The fourth-order valence-electron chi connectivity index (χ4n) is 1.68. The Hall–Kier alpha value is -1.47. The Morgan fingerprint density at radius 1 is 1.55 bits per heavy atom. The van der Waals surface area contributed by atoms with Gasteiger partial charge in [0, 0.05) is 16.1 Å². The molecule has 0 aromatic heterocycles. The Kier molecular flexibility index (Phi) is 5.64. The minimum Gasteiger partial charge on any atom is -0.323 e. The molecule has 6 nitrogen and oxygen atoms in total. The highest BCUT2D eigenvalue weighted by atomic mass is 79.9. The molecule has 7 heteroatoms. The van der Waals surface area contributed by atoms with Gasteiger partial charge in [-0.3, -0.25) is 14.9 Å². The number of nitrogens with two attached hydrogens (primary N) is 1. The number of amides is 1. The van der Waals surface area contributed by atoms with Gasteiger partial charge in [0.05, 0.1) is 16.7 Å². The minimum atomic E-state index is -0.646. The molecule has 0 aliphatic heterocycles. The molecular formula is C13H18BrN3O3. The Morgan fingerprint density at radius 2 is 2.15 bits per heavy atom. The summed E-state index contributed by atoms with van der Waals surface area (Å²) >= 11 is 3.28. The van der Waals surface area contributed by atoms with Crippen molar-refractivity contribution >= 4 is 33.2 Å². The van der Waals surface area contributed by atoms with E-state index in [4.69, 9.17) is 5.73 Å². The maximum absolute atomic E-state index is 12.0. The standard InChI is InChI=1S/C13H18BrN3O3/c1-4-7(2)12(15)13(18)16-10-6-11(17(19)20)8(3)5-9(10)14/h5-7,12H,4,15H2,1-3H3,(H,16,18). The third-order valence-corrected chi connectivity index (χ3v) is 3.96. The zero-order valence-electron chi connectivity index (χ0n) is 11.6. The summed E-state index contributed by atoms with van der Waals surface area (Å²) in [5.41, 5.74) is 6.67. The second-order valence-corrected chi connectivity index (χ2v) is 5.63. The maximum atomic E-state index is 12.0. The minimum absolute atomic E-state index is 0.0363. The molecule has 3 N–H and O–H groups in total. The number of benzene rings is 1. The van der Waals surface area contributed by atoms with E-state index in [1.165, 1.54) is 6.07 Å². The van der Waals surface area contributed by atoms with E-state index in [2.05, 4.69) is 21.2 Å². The second kappa shape index (κ2) is 6.81. The summed E-state index contributed by atoms with van der Waals surface area (Å²) in [5, 5.41) is 13.5. The Morgan fingerprint density at radius 3 is 2.65 bits per heavy atom. The third-order valence-electron chi connectivity index (χ3n) is 3.30. The van der Waals surface area contributed by atoms with Crippen molar-refractivity contribution in [3.05, 3.63) is 32.3 Å². The van der Waals surface area contributed by atoms with Gasteiger partial charge in [-0.25, -0.2) is 0 Å². The molecule has 0 aliphatic carbocycles. The average molecular weight is 344 g/mol. The van der Waals surface area contributed by atoms with E-state index in [1.807, 2.05) is 13.8 Å². The normalized spacial score (nSPS) is 13.7. The quantitative estimate of drug-likeness (QED) is 0.634. The molecule has 0 radical (unpaired) electrons. The topological polar surface area (TPSA) is 98.3 Å². The van der Waals surface area contributed by atoms with Gasteiger partial charge in [-0.15, -0.1) is 0 Å². The van der Waals surface area contributed by atoms with Crippen molar-refractivity contribution in [1.82, 2.24) is 0 Å². The summed E-state index contributed by atoms with van der Waals surface area (Å²) in [7, 11) is 0. The van der Waals surface area contributed by atoms with Gasteiger partial charge < -0.3 is 11.1 Å². The molecule has 1 aromatic carbocycles. The summed E-state index contributed by atoms with van der Waals surface area (Å²) in [4.78, 5) is 22.4. The molecule has 1 aromatic rings. The molecule has 0 aliphatic rings. The average Bonchev–Trinajstić information content (AvgIpc) is 2.39. The van der Waals surface area contributed by atoms with E-state index in [-0.39, 0.29) is 17.5 Å².